The lowest BCUT2D eigenvalue weighted by Crippen LogP contribution is -2.10. The third-order valence-electron chi connectivity index (χ3n) is 9.12. The quantitative estimate of drug-likeness (QED) is 0.195. The highest BCUT2D eigenvalue weighted by Gasteiger charge is 2.16. The number of rotatable bonds is 5. The summed E-state index contributed by atoms with van der Waals surface area (Å²) in [7, 11) is 0. The van der Waals surface area contributed by atoms with Crippen molar-refractivity contribution in [1.29, 1.82) is 0 Å². The molecule has 0 atom stereocenters. The first-order valence-electron chi connectivity index (χ1n) is 15.8. The van der Waals surface area contributed by atoms with Gasteiger partial charge in [-0.05, 0) is 94.0 Å². The normalized spacial score (nSPS) is 11.5. The number of aromatic nitrogens is 1. The Labute approximate surface area is 268 Å². The maximum Gasteiger partial charge on any atom is 0.0541 e. The molecule has 9 rings (SSSR count). The van der Waals surface area contributed by atoms with Crippen LogP contribution in [0.3, 0.4) is 0 Å². The Morgan fingerprint density at radius 3 is 1.85 bits per heavy atom. The van der Waals surface area contributed by atoms with Crippen LogP contribution in [0.4, 0.5) is 17.1 Å². The number of nitrogens with zero attached hydrogens (tertiary/aromatic N) is 2. The molecule has 2 nitrogen and oxygen atoms in total. The van der Waals surface area contributed by atoms with Crippen LogP contribution in [-0.4, -0.2) is 4.57 Å². The molecule has 8 aromatic carbocycles. The van der Waals surface area contributed by atoms with Crippen molar-refractivity contribution >= 4 is 60.4 Å². The van der Waals surface area contributed by atoms with Gasteiger partial charge < -0.3 is 9.47 Å². The Morgan fingerprint density at radius 2 is 0.978 bits per heavy atom. The maximum absolute atomic E-state index is 2.37. The third kappa shape index (κ3) is 4.35. The van der Waals surface area contributed by atoms with Gasteiger partial charge in [0.1, 0.15) is 0 Å². The van der Waals surface area contributed by atoms with Crippen molar-refractivity contribution in [1.82, 2.24) is 4.57 Å². The summed E-state index contributed by atoms with van der Waals surface area (Å²) in [6, 6.07) is 65.7. The van der Waals surface area contributed by atoms with E-state index in [0.29, 0.717) is 0 Å². The summed E-state index contributed by atoms with van der Waals surface area (Å²) in [6.07, 6.45) is 0. The smallest absolute Gasteiger partial charge is 0.0541 e. The molecule has 0 bridgehead atoms. The number of anilines is 3. The van der Waals surface area contributed by atoms with E-state index in [1.54, 1.807) is 0 Å². The first-order valence-corrected chi connectivity index (χ1v) is 15.8. The van der Waals surface area contributed by atoms with Gasteiger partial charge in [-0.25, -0.2) is 0 Å². The number of hydrogen-bond acceptors (Lipinski definition) is 1. The van der Waals surface area contributed by atoms with E-state index in [9.17, 15) is 0 Å². The minimum Gasteiger partial charge on any atom is -0.310 e. The second-order valence-corrected chi connectivity index (χ2v) is 11.8. The topological polar surface area (TPSA) is 8.17 Å². The molecule has 0 radical (unpaired) electrons. The van der Waals surface area contributed by atoms with Crippen LogP contribution in [0.25, 0.3) is 60.2 Å². The molecule has 0 aliphatic carbocycles. The molecule has 0 unspecified atom stereocenters. The van der Waals surface area contributed by atoms with E-state index in [1.807, 2.05) is 0 Å². The number of fused-ring (bicyclic) bond motifs is 5. The van der Waals surface area contributed by atoms with Crippen molar-refractivity contribution in [2.75, 3.05) is 4.90 Å². The average Bonchev–Trinajstić information content (AvgIpc) is 3.46. The Hall–Kier alpha value is -6.12. The van der Waals surface area contributed by atoms with Crippen molar-refractivity contribution in [3.63, 3.8) is 0 Å². The molecule has 2 heteroatoms. The van der Waals surface area contributed by atoms with Gasteiger partial charge in [0, 0.05) is 33.2 Å². The average molecular weight is 587 g/mol. The van der Waals surface area contributed by atoms with Gasteiger partial charge in [0.2, 0.25) is 0 Å². The molecule has 46 heavy (non-hydrogen) atoms. The van der Waals surface area contributed by atoms with E-state index in [4.69, 9.17) is 0 Å². The van der Waals surface area contributed by atoms with Crippen molar-refractivity contribution < 1.29 is 0 Å². The molecule has 0 saturated heterocycles. The minimum atomic E-state index is 1.14. The van der Waals surface area contributed by atoms with Gasteiger partial charge in [-0.1, -0.05) is 115 Å². The lowest BCUT2D eigenvalue weighted by atomic mass is 9.99. The van der Waals surface area contributed by atoms with Crippen LogP contribution in [0.1, 0.15) is 0 Å². The summed E-state index contributed by atoms with van der Waals surface area (Å²) in [4.78, 5) is 2.37. The molecular weight excluding hydrogens is 556 g/mol. The third-order valence-corrected chi connectivity index (χ3v) is 9.12. The van der Waals surface area contributed by atoms with Crippen LogP contribution in [0, 0.1) is 0 Å². The fourth-order valence-electron chi connectivity index (χ4n) is 6.97. The molecular formula is C44H30N2. The summed E-state index contributed by atoms with van der Waals surface area (Å²) in [5, 5.41) is 7.43. The zero-order valence-corrected chi connectivity index (χ0v) is 25.2. The van der Waals surface area contributed by atoms with Crippen LogP contribution in [-0.2, 0) is 0 Å². The summed E-state index contributed by atoms with van der Waals surface area (Å²) in [5.41, 5.74) is 9.50. The fraction of sp³-hybridized carbons (Fsp3) is 0. The van der Waals surface area contributed by atoms with E-state index in [2.05, 4.69) is 191 Å². The Balaban J connectivity index is 1.15. The van der Waals surface area contributed by atoms with Crippen molar-refractivity contribution in [2.45, 2.75) is 0 Å². The van der Waals surface area contributed by atoms with E-state index < -0.39 is 0 Å². The lowest BCUT2D eigenvalue weighted by molar-refractivity contribution is 1.18. The molecule has 0 N–H and O–H groups in total. The minimum absolute atomic E-state index is 1.14. The molecule has 0 fully saturated rings. The molecule has 0 aliphatic rings. The summed E-state index contributed by atoms with van der Waals surface area (Å²) in [6.45, 7) is 0. The largest absolute Gasteiger partial charge is 0.310 e. The van der Waals surface area contributed by atoms with E-state index in [1.165, 1.54) is 65.9 Å². The molecule has 216 valence electrons. The molecule has 1 heterocycles. The van der Waals surface area contributed by atoms with Crippen LogP contribution in [0.15, 0.2) is 182 Å². The van der Waals surface area contributed by atoms with E-state index in [-0.39, 0.29) is 0 Å². The zero-order valence-electron chi connectivity index (χ0n) is 25.2. The number of benzene rings is 8. The predicted molar refractivity (Wildman–Crippen MR) is 196 cm³/mol. The van der Waals surface area contributed by atoms with Crippen LogP contribution < -0.4 is 4.90 Å². The molecule has 0 spiro atoms. The maximum atomic E-state index is 2.37. The number of para-hydroxylation sites is 3. The summed E-state index contributed by atoms with van der Waals surface area (Å²) >= 11 is 0. The van der Waals surface area contributed by atoms with Crippen molar-refractivity contribution in [3.05, 3.63) is 182 Å². The van der Waals surface area contributed by atoms with Gasteiger partial charge in [-0.3, -0.25) is 0 Å². The first-order chi connectivity index (χ1) is 22.8. The monoisotopic (exact) mass is 586 g/mol. The van der Waals surface area contributed by atoms with Crippen LogP contribution >= 0.6 is 0 Å². The molecule has 0 aliphatic heterocycles. The standard InChI is InChI=1S/C44H30N2/c1-3-14-36(15-4-1)45(42-21-11-13-31-12-7-8-18-39(31)42)38-26-24-33-28-32(22-23-34(33)29-38)35-25-27-44-41(30-35)40-19-9-10-20-43(40)46(44)37-16-5-2-6-17-37/h1-30H. The molecule has 9 aromatic rings. The van der Waals surface area contributed by atoms with Gasteiger partial charge in [0.05, 0.1) is 16.7 Å². The molecule has 0 saturated carbocycles. The Morgan fingerprint density at radius 1 is 0.348 bits per heavy atom. The van der Waals surface area contributed by atoms with Gasteiger partial charge in [0.25, 0.3) is 0 Å². The van der Waals surface area contributed by atoms with E-state index >= 15 is 0 Å². The van der Waals surface area contributed by atoms with Gasteiger partial charge in [0.15, 0.2) is 0 Å². The second kappa shape index (κ2) is 10.8. The van der Waals surface area contributed by atoms with Gasteiger partial charge in [-0.15, -0.1) is 0 Å². The van der Waals surface area contributed by atoms with Crippen LogP contribution in [0.2, 0.25) is 0 Å². The predicted octanol–water partition coefficient (Wildman–Crippen LogP) is 12.2. The Bertz CT molecular complexity index is 2520. The van der Waals surface area contributed by atoms with Crippen LogP contribution in [0.5, 0.6) is 0 Å². The zero-order chi connectivity index (χ0) is 30.5. The summed E-state index contributed by atoms with van der Waals surface area (Å²) < 4.78 is 2.37. The SMILES string of the molecule is c1ccc(N(c2ccc3cc(-c4ccc5c(c4)c4ccccc4n5-c4ccccc4)ccc3c2)c2cccc3ccccc23)cc1. The van der Waals surface area contributed by atoms with E-state index in [0.717, 1.165) is 11.4 Å². The first kappa shape index (κ1) is 26.3. The van der Waals surface area contributed by atoms with Crippen molar-refractivity contribution in [2.24, 2.45) is 0 Å². The fourth-order valence-corrected chi connectivity index (χ4v) is 6.97. The molecule has 1 aromatic heterocycles. The molecule has 0 amide bonds. The number of hydrogen-bond donors (Lipinski definition) is 0. The highest BCUT2D eigenvalue weighted by Crippen LogP contribution is 2.40. The highest BCUT2D eigenvalue weighted by atomic mass is 15.1. The second-order valence-electron chi connectivity index (χ2n) is 11.8. The van der Waals surface area contributed by atoms with Gasteiger partial charge in [-0.2, -0.15) is 0 Å². The van der Waals surface area contributed by atoms with Crippen molar-refractivity contribution in [3.8, 4) is 16.8 Å². The van der Waals surface area contributed by atoms with Gasteiger partial charge >= 0.3 is 0 Å². The highest BCUT2D eigenvalue weighted by molar-refractivity contribution is 6.10. The Kier molecular flexibility index (Phi) is 6.17. The summed E-state index contributed by atoms with van der Waals surface area (Å²) in [5.74, 6) is 0. The lowest BCUT2D eigenvalue weighted by Gasteiger charge is -2.27.